The molecule has 0 bridgehead atoms. The average molecular weight is 228 g/mol. The Bertz CT molecular complexity index is 525. The standard InChI is InChI=1S/C14H13FN2/c15-11-7-4-8-12-14(11)16-9-13(17-12)10-5-2-1-3-6-10/h1-8,13,16-17H,9H2. The summed E-state index contributed by atoms with van der Waals surface area (Å²) < 4.78 is 13.5. The van der Waals surface area contributed by atoms with Gasteiger partial charge in [0.25, 0.3) is 0 Å². The van der Waals surface area contributed by atoms with Crippen LogP contribution < -0.4 is 10.6 Å². The van der Waals surface area contributed by atoms with Crippen LogP contribution in [-0.2, 0) is 0 Å². The van der Waals surface area contributed by atoms with Crippen LogP contribution >= 0.6 is 0 Å². The van der Waals surface area contributed by atoms with E-state index in [1.54, 1.807) is 6.07 Å². The molecule has 0 fully saturated rings. The lowest BCUT2D eigenvalue weighted by Crippen LogP contribution is -2.26. The first-order chi connectivity index (χ1) is 8.34. The molecule has 1 aliphatic heterocycles. The summed E-state index contributed by atoms with van der Waals surface area (Å²) in [5.41, 5.74) is 2.60. The van der Waals surface area contributed by atoms with Crippen molar-refractivity contribution in [2.75, 3.05) is 17.2 Å². The Hall–Kier alpha value is -2.03. The number of hydrogen-bond donors (Lipinski definition) is 2. The lowest BCUT2D eigenvalue weighted by Gasteiger charge is -2.28. The van der Waals surface area contributed by atoms with Crippen LogP contribution in [0.1, 0.15) is 11.6 Å². The van der Waals surface area contributed by atoms with Gasteiger partial charge in [0, 0.05) is 6.54 Å². The van der Waals surface area contributed by atoms with Crippen LogP contribution in [0.4, 0.5) is 15.8 Å². The van der Waals surface area contributed by atoms with Gasteiger partial charge in [-0.25, -0.2) is 4.39 Å². The monoisotopic (exact) mass is 228 g/mol. The van der Waals surface area contributed by atoms with Crippen molar-refractivity contribution in [2.45, 2.75) is 6.04 Å². The minimum atomic E-state index is -0.207. The topological polar surface area (TPSA) is 24.1 Å². The van der Waals surface area contributed by atoms with Gasteiger partial charge < -0.3 is 10.6 Å². The fourth-order valence-electron chi connectivity index (χ4n) is 2.15. The van der Waals surface area contributed by atoms with Crippen LogP contribution in [0.5, 0.6) is 0 Å². The summed E-state index contributed by atoms with van der Waals surface area (Å²) in [5, 5.41) is 6.49. The molecule has 0 aliphatic carbocycles. The van der Waals surface area contributed by atoms with Crippen molar-refractivity contribution in [3.63, 3.8) is 0 Å². The van der Waals surface area contributed by atoms with Crippen molar-refractivity contribution in [1.29, 1.82) is 0 Å². The molecule has 2 N–H and O–H groups in total. The summed E-state index contributed by atoms with van der Waals surface area (Å²) in [6.07, 6.45) is 0. The van der Waals surface area contributed by atoms with Crippen LogP contribution in [0.3, 0.4) is 0 Å². The summed E-state index contributed by atoms with van der Waals surface area (Å²) in [6.45, 7) is 0.692. The van der Waals surface area contributed by atoms with Crippen LogP contribution in [0.25, 0.3) is 0 Å². The number of benzene rings is 2. The van der Waals surface area contributed by atoms with Gasteiger partial charge in [-0.15, -0.1) is 0 Å². The molecule has 0 saturated carbocycles. The molecule has 1 atom stereocenters. The van der Waals surface area contributed by atoms with Crippen molar-refractivity contribution in [3.05, 3.63) is 59.9 Å². The normalized spacial score (nSPS) is 17.8. The number of rotatable bonds is 1. The summed E-state index contributed by atoms with van der Waals surface area (Å²) in [7, 11) is 0. The fourth-order valence-corrected chi connectivity index (χ4v) is 2.15. The maximum Gasteiger partial charge on any atom is 0.148 e. The smallest absolute Gasteiger partial charge is 0.148 e. The quantitative estimate of drug-likeness (QED) is 0.781. The molecule has 1 heterocycles. The van der Waals surface area contributed by atoms with Gasteiger partial charge in [0.05, 0.1) is 17.4 Å². The molecule has 3 heteroatoms. The zero-order valence-electron chi connectivity index (χ0n) is 9.28. The molecular weight excluding hydrogens is 215 g/mol. The number of hydrogen-bond acceptors (Lipinski definition) is 2. The van der Waals surface area contributed by atoms with E-state index in [1.807, 2.05) is 24.3 Å². The summed E-state index contributed by atoms with van der Waals surface area (Å²) in [5.74, 6) is -0.207. The third-order valence-electron chi connectivity index (χ3n) is 3.03. The molecule has 1 unspecified atom stereocenters. The Labute approximate surface area is 99.5 Å². The molecule has 0 amide bonds. The molecule has 0 saturated heterocycles. The van der Waals surface area contributed by atoms with Crippen LogP contribution in [0.15, 0.2) is 48.5 Å². The highest BCUT2D eigenvalue weighted by atomic mass is 19.1. The van der Waals surface area contributed by atoms with Crippen LogP contribution in [-0.4, -0.2) is 6.54 Å². The van der Waals surface area contributed by atoms with Crippen molar-refractivity contribution in [2.24, 2.45) is 0 Å². The third kappa shape index (κ3) is 1.84. The second kappa shape index (κ2) is 4.09. The van der Waals surface area contributed by atoms with E-state index in [0.29, 0.717) is 12.2 Å². The Balaban J connectivity index is 1.91. The summed E-state index contributed by atoms with van der Waals surface area (Å²) in [6, 6.07) is 15.4. The molecule has 2 nitrogen and oxygen atoms in total. The first-order valence-electron chi connectivity index (χ1n) is 5.68. The lowest BCUT2D eigenvalue weighted by atomic mass is 10.0. The van der Waals surface area contributed by atoms with E-state index in [4.69, 9.17) is 0 Å². The number of halogens is 1. The molecule has 0 aromatic heterocycles. The Morgan fingerprint density at radius 3 is 2.65 bits per heavy atom. The predicted molar refractivity (Wildman–Crippen MR) is 67.7 cm³/mol. The fraction of sp³-hybridized carbons (Fsp3) is 0.143. The molecule has 3 rings (SSSR count). The molecule has 0 spiro atoms. The second-order valence-electron chi connectivity index (χ2n) is 4.15. The highest BCUT2D eigenvalue weighted by molar-refractivity contribution is 5.72. The predicted octanol–water partition coefficient (Wildman–Crippen LogP) is 3.40. The molecule has 86 valence electrons. The van der Waals surface area contributed by atoms with Gasteiger partial charge in [-0.1, -0.05) is 36.4 Å². The van der Waals surface area contributed by atoms with Crippen molar-refractivity contribution < 1.29 is 4.39 Å². The van der Waals surface area contributed by atoms with Gasteiger partial charge in [-0.3, -0.25) is 0 Å². The molecule has 17 heavy (non-hydrogen) atoms. The maximum absolute atomic E-state index is 13.5. The SMILES string of the molecule is Fc1cccc2c1NCC(c1ccccc1)N2. The number of anilines is 2. The highest BCUT2D eigenvalue weighted by Crippen LogP contribution is 2.33. The molecule has 1 aliphatic rings. The number of nitrogens with one attached hydrogen (secondary N) is 2. The minimum absolute atomic E-state index is 0.186. The molecule has 2 aromatic carbocycles. The van der Waals surface area contributed by atoms with Crippen molar-refractivity contribution in [3.8, 4) is 0 Å². The molecule has 0 radical (unpaired) electrons. The van der Waals surface area contributed by atoms with Gasteiger partial charge in [0.15, 0.2) is 0 Å². The Morgan fingerprint density at radius 1 is 1.00 bits per heavy atom. The second-order valence-corrected chi connectivity index (χ2v) is 4.15. The maximum atomic E-state index is 13.5. The zero-order valence-corrected chi connectivity index (χ0v) is 9.28. The number of fused-ring (bicyclic) bond motifs is 1. The van der Waals surface area contributed by atoms with E-state index < -0.39 is 0 Å². The first-order valence-corrected chi connectivity index (χ1v) is 5.68. The Kier molecular flexibility index (Phi) is 2.44. The summed E-state index contributed by atoms with van der Waals surface area (Å²) in [4.78, 5) is 0. The van der Waals surface area contributed by atoms with E-state index in [9.17, 15) is 4.39 Å². The van der Waals surface area contributed by atoms with E-state index in [2.05, 4.69) is 22.8 Å². The molecule has 2 aromatic rings. The lowest BCUT2D eigenvalue weighted by molar-refractivity contribution is 0.626. The minimum Gasteiger partial charge on any atom is -0.379 e. The van der Waals surface area contributed by atoms with E-state index in [-0.39, 0.29) is 11.9 Å². The van der Waals surface area contributed by atoms with Crippen molar-refractivity contribution in [1.82, 2.24) is 0 Å². The highest BCUT2D eigenvalue weighted by Gasteiger charge is 2.20. The van der Waals surface area contributed by atoms with Crippen LogP contribution in [0.2, 0.25) is 0 Å². The third-order valence-corrected chi connectivity index (χ3v) is 3.03. The Morgan fingerprint density at radius 2 is 1.82 bits per heavy atom. The van der Waals surface area contributed by atoms with Gasteiger partial charge in [0.1, 0.15) is 5.82 Å². The van der Waals surface area contributed by atoms with E-state index >= 15 is 0 Å². The molecular formula is C14H13FN2. The van der Waals surface area contributed by atoms with Crippen LogP contribution in [0, 0.1) is 5.82 Å². The average Bonchev–Trinajstić information content (AvgIpc) is 2.40. The van der Waals surface area contributed by atoms with Gasteiger partial charge in [0.2, 0.25) is 0 Å². The number of para-hydroxylation sites is 1. The largest absolute Gasteiger partial charge is 0.379 e. The van der Waals surface area contributed by atoms with E-state index in [0.717, 1.165) is 5.69 Å². The summed E-state index contributed by atoms with van der Waals surface area (Å²) >= 11 is 0. The van der Waals surface area contributed by atoms with Crippen molar-refractivity contribution >= 4 is 11.4 Å². The van der Waals surface area contributed by atoms with Gasteiger partial charge in [-0.05, 0) is 17.7 Å². The van der Waals surface area contributed by atoms with E-state index in [1.165, 1.54) is 11.6 Å². The first kappa shape index (κ1) is 10.1. The van der Waals surface area contributed by atoms with Gasteiger partial charge in [-0.2, -0.15) is 0 Å². The van der Waals surface area contributed by atoms with Gasteiger partial charge >= 0.3 is 0 Å². The zero-order chi connectivity index (χ0) is 11.7.